The highest BCUT2D eigenvalue weighted by molar-refractivity contribution is 5.79. The second-order valence-corrected chi connectivity index (χ2v) is 5.41. The fourth-order valence-corrected chi connectivity index (χ4v) is 2.70. The number of hydrogen-bond acceptors (Lipinski definition) is 1. The number of amides is 1. The lowest BCUT2D eigenvalue weighted by Crippen LogP contribution is -2.43. The van der Waals surface area contributed by atoms with Crippen LogP contribution in [0.5, 0.6) is 0 Å². The first-order valence-electron chi connectivity index (χ1n) is 6.85. The topological polar surface area (TPSA) is 20.3 Å². The van der Waals surface area contributed by atoms with Crippen molar-refractivity contribution in [2.75, 3.05) is 0 Å². The van der Waals surface area contributed by atoms with Crippen molar-refractivity contribution in [1.82, 2.24) is 4.90 Å². The number of rotatable bonds is 4. The quantitative estimate of drug-likeness (QED) is 0.717. The number of hydrogen-bond donors (Lipinski definition) is 0. The Balaban J connectivity index is 2.71. The summed E-state index contributed by atoms with van der Waals surface area (Å²) in [5, 5.41) is 0. The van der Waals surface area contributed by atoms with Gasteiger partial charge in [-0.1, -0.05) is 34.1 Å². The van der Waals surface area contributed by atoms with Crippen LogP contribution in [0.1, 0.15) is 60.3 Å². The second-order valence-electron chi connectivity index (χ2n) is 5.41. The molecule has 0 aromatic carbocycles. The Bertz CT molecular complexity index is 239. The standard InChI is InChI=1S/C14H27NO/c1-6-10(3)12(5)14(16)15-11(4)8-9-13(15)7-2/h10-13H,6-9H2,1-5H3/t10?,11-,12?,13?/m1/s1. The van der Waals surface area contributed by atoms with Crippen molar-refractivity contribution in [3.63, 3.8) is 0 Å². The van der Waals surface area contributed by atoms with Gasteiger partial charge in [-0.05, 0) is 32.1 Å². The van der Waals surface area contributed by atoms with E-state index in [-0.39, 0.29) is 5.92 Å². The van der Waals surface area contributed by atoms with Crippen LogP contribution >= 0.6 is 0 Å². The molecule has 0 aliphatic carbocycles. The molecule has 0 aromatic rings. The van der Waals surface area contributed by atoms with Crippen LogP contribution in [0.4, 0.5) is 0 Å². The lowest BCUT2D eigenvalue weighted by molar-refractivity contribution is -0.139. The monoisotopic (exact) mass is 225 g/mol. The molecule has 1 aliphatic heterocycles. The van der Waals surface area contributed by atoms with Crippen LogP contribution in [0.3, 0.4) is 0 Å². The van der Waals surface area contributed by atoms with Gasteiger partial charge in [0, 0.05) is 18.0 Å². The van der Waals surface area contributed by atoms with E-state index in [1.165, 1.54) is 12.8 Å². The number of carbonyl (C=O) groups excluding carboxylic acids is 1. The Morgan fingerprint density at radius 2 is 1.94 bits per heavy atom. The van der Waals surface area contributed by atoms with Gasteiger partial charge in [0.1, 0.15) is 0 Å². The number of likely N-dealkylation sites (tertiary alicyclic amines) is 1. The average Bonchev–Trinajstić information content (AvgIpc) is 2.67. The van der Waals surface area contributed by atoms with Crippen molar-refractivity contribution < 1.29 is 4.79 Å². The summed E-state index contributed by atoms with van der Waals surface area (Å²) in [7, 11) is 0. The van der Waals surface area contributed by atoms with Gasteiger partial charge in [-0.2, -0.15) is 0 Å². The van der Waals surface area contributed by atoms with Crippen LogP contribution in [-0.2, 0) is 4.79 Å². The minimum Gasteiger partial charge on any atom is -0.337 e. The largest absolute Gasteiger partial charge is 0.337 e. The molecule has 1 rings (SSSR count). The van der Waals surface area contributed by atoms with E-state index >= 15 is 0 Å². The van der Waals surface area contributed by atoms with E-state index in [9.17, 15) is 4.79 Å². The molecule has 1 heterocycles. The highest BCUT2D eigenvalue weighted by Gasteiger charge is 2.36. The van der Waals surface area contributed by atoms with Gasteiger partial charge in [0.15, 0.2) is 0 Å². The summed E-state index contributed by atoms with van der Waals surface area (Å²) in [5.74, 6) is 1.06. The van der Waals surface area contributed by atoms with Gasteiger partial charge in [0.2, 0.25) is 5.91 Å². The zero-order chi connectivity index (χ0) is 12.3. The molecule has 0 N–H and O–H groups in total. The molecule has 16 heavy (non-hydrogen) atoms. The van der Waals surface area contributed by atoms with E-state index in [0.717, 1.165) is 12.8 Å². The Labute approximate surface area is 100 Å². The Morgan fingerprint density at radius 3 is 2.44 bits per heavy atom. The van der Waals surface area contributed by atoms with Crippen molar-refractivity contribution >= 4 is 5.91 Å². The Kier molecular flexibility index (Phi) is 4.82. The predicted molar refractivity (Wildman–Crippen MR) is 68.2 cm³/mol. The number of nitrogens with zero attached hydrogens (tertiary/aromatic N) is 1. The third-order valence-corrected chi connectivity index (χ3v) is 4.40. The summed E-state index contributed by atoms with van der Waals surface area (Å²) in [5.41, 5.74) is 0. The molecule has 0 radical (unpaired) electrons. The van der Waals surface area contributed by atoms with Crippen molar-refractivity contribution in [3.8, 4) is 0 Å². The summed E-state index contributed by atoms with van der Waals surface area (Å²) >= 11 is 0. The van der Waals surface area contributed by atoms with E-state index in [2.05, 4.69) is 39.5 Å². The first-order chi connectivity index (χ1) is 7.52. The molecule has 0 saturated carbocycles. The highest BCUT2D eigenvalue weighted by atomic mass is 16.2. The molecule has 2 heteroatoms. The lowest BCUT2D eigenvalue weighted by Gasteiger charge is -2.32. The van der Waals surface area contributed by atoms with Crippen LogP contribution < -0.4 is 0 Å². The van der Waals surface area contributed by atoms with E-state index in [0.29, 0.717) is 23.9 Å². The van der Waals surface area contributed by atoms with E-state index in [4.69, 9.17) is 0 Å². The van der Waals surface area contributed by atoms with Gasteiger partial charge < -0.3 is 4.90 Å². The molecule has 0 spiro atoms. The molecule has 0 bridgehead atoms. The Hall–Kier alpha value is -0.530. The van der Waals surface area contributed by atoms with Gasteiger partial charge in [0.05, 0.1) is 0 Å². The molecule has 1 fully saturated rings. The van der Waals surface area contributed by atoms with Crippen molar-refractivity contribution in [3.05, 3.63) is 0 Å². The van der Waals surface area contributed by atoms with Gasteiger partial charge in [-0.15, -0.1) is 0 Å². The second kappa shape index (κ2) is 5.70. The fraction of sp³-hybridized carbons (Fsp3) is 0.929. The Morgan fingerprint density at radius 1 is 1.31 bits per heavy atom. The van der Waals surface area contributed by atoms with E-state index in [1.807, 2.05) is 0 Å². The summed E-state index contributed by atoms with van der Waals surface area (Å²) in [4.78, 5) is 14.6. The van der Waals surface area contributed by atoms with E-state index < -0.39 is 0 Å². The first-order valence-corrected chi connectivity index (χ1v) is 6.85. The molecule has 0 aromatic heterocycles. The minimum atomic E-state index is 0.180. The van der Waals surface area contributed by atoms with E-state index in [1.54, 1.807) is 0 Å². The zero-order valence-corrected chi connectivity index (χ0v) is 11.5. The molecule has 1 saturated heterocycles. The molecule has 1 aliphatic rings. The fourth-order valence-electron chi connectivity index (χ4n) is 2.70. The maximum atomic E-state index is 12.5. The van der Waals surface area contributed by atoms with Crippen molar-refractivity contribution in [1.29, 1.82) is 0 Å². The molecular weight excluding hydrogens is 198 g/mol. The smallest absolute Gasteiger partial charge is 0.226 e. The third-order valence-electron chi connectivity index (χ3n) is 4.40. The molecule has 2 nitrogen and oxygen atoms in total. The van der Waals surface area contributed by atoms with Crippen LogP contribution in [0.25, 0.3) is 0 Å². The van der Waals surface area contributed by atoms with Crippen LogP contribution in [0, 0.1) is 11.8 Å². The molecule has 1 amide bonds. The summed E-state index contributed by atoms with van der Waals surface area (Å²) in [6.45, 7) is 10.8. The molecule has 94 valence electrons. The lowest BCUT2D eigenvalue weighted by atomic mass is 9.92. The predicted octanol–water partition coefficient (Wildman–Crippen LogP) is 3.46. The SMILES string of the molecule is CCC(C)C(C)C(=O)N1C(CC)CC[C@H]1C. The van der Waals surface area contributed by atoms with Crippen molar-refractivity contribution in [2.24, 2.45) is 11.8 Å². The van der Waals surface area contributed by atoms with Gasteiger partial charge in [-0.25, -0.2) is 0 Å². The highest BCUT2D eigenvalue weighted by Crippen LogP contribution is 2.29. The van der Waals surface area contributed by atoms with Gasteiger partial charge >= 0.3 is 0 Å². The first kappa shape index (κ1) is 13.5. The molecule has 4 atom stereocenters. The van der Waals surface area contributed by atoms with Crippen molar-refractivity contribution in [2.45, 2.75) is 72.4 Å². The maximum absolute atomic E-state index is 12.5. The van der Waals surface area contributed by atoms with Gasteiger partial charge in [0.25, 0.3) is 0 Å². The maximum Gasteiger partial charge on any atom is 0.226 e. The average molecular weight is 225 g/mol. The summed E-state index contributed by atoms with van der Waals surface area (Å²) in [6, 6.07) is 0.943. The molecular formula is C14H27NO. The number of carbonyl (C=O) groups is 1. The zero-order valence-electron chi connectivity index (χ0n) is 11.5. The van der Waals surface area contributed by atoms with Crippen LogP contribution in [0.15, 0.2) is 0 Å². The normalized spacial score (nSPS) is 29.2. The summed E-state index contributed by atoms with van der Waals surface area (Å²) < 4.78 is 0. The third kappa shape index (κ3) is 2.58. The van der Waals surface area contributed by atoms with Crippen LogP contribution in [0.2, 0.25) is 0 Å². The molecule has 3 unspecified atom stereocenters. The van der Waals surface area contributed by atoms with Crippen LogP contribution in [-0.4, -0.2) is 22.9 Å². The minimum absolute atomic E-state index is 0.180. The van der Waals surface area contributed by atoms with Gasteiger partial charge in [-0.3, -0.25) is 4.79 Å². The summed E-state index contributed by atoms with van der Waals surface area (Å²) in [6.07, 6.45) is 4.56.